The number of carbonyl (C=O) groups excluding carboxylic acids is 1. The average Bonchev–Trinajstić information content (AvgIpc) is 2.69. The van der Waals surface area contributed by atoms with Crippen LogP contribution in [-0.4, -0.2) is 17.2 Å². The highest BCUT2D eigenvalue weighted by Crippen LogP contribution is 2.11. The molecule has 0 unspecified atom stereocenters. The molecule has 0 bridgehead atoms. The molecule has 0 saturated heterocycles. The Bertz CT molecular complexity index is 964. The van der Waals surface area contributed by atoms with E-state index in [1.165, 1.54) is 12.1 Å². The van der Waals surface area contributed by atoms with Gasteiger partial charge in [-0.2, -0.15) is 5.10 Å². The molecule has 0 heterocycles. The summed E-state index contributed by atoms with van der Waals surface area (Å²) in [4.78, 5) is 12.9. The number of carbonyl (C=O) groups is 1. The van der Waals surface area contributed by atoms with Gasteiger partial charge in [0, 0.05) is 16.7 Å². The van der Waals surface area contributed by atoms with Crippen molar-refractivity contribution >= 4 is 17.2 Å². The fourth-order valence-corrected chi connectivity index (χ4v) is 2.45. The molecule has 0 saturated carbocycles. The highest BCUT2D eigenvalue weighted by atomic mass is 19.1. The van der Waals surface area contributed by atoms with Crippen LogP contribution in [0.3, 0.4) is 0 Å². The zero-order chi connectivity index (χ0) is 18.4. The summed E-state index contributed by atoms with van der Waals surface area (Å²) in [5, 5.41) is 8.38. The van der Waals surface area contributed by atoms with E-state index in [1.807, 2.05) is 36.4 Å². The number of ketones is 1. The Kier molecular flexibility index (Phi) is 5.44. The minimum atomic E-state index is -0.343. The van der Waals surface area contributed by atoms with Crippen molar-refractivity contribution in [1.29, 1.82) is 0 Å². The van der Waals surface area contributed by atoms with Gasteiger partial charge in [-0.25, -0.2) is 4.39 Å². The van der Waals surface area contributed by atoms with Crippen molar-refractivity contribution in [2.24, 2.45) is 10.2 Å². The molecular weight excluding hydrogens is 327 g/mol. The molecule has 0 fully saturated rings. The number of hydrogen-bond donors (Lipinski definition) is 0. The third-order valence-electron chi connectivity index (χ3n) is 3.84. The van der Waals surface area contributed by atoms with E-state index in [0.717, 1.165) is 0 Å². The smallest absolute Gasteiger partial charge is 0.213 e. The van der Waals surface area contributed by atoms with Gasteiger partial charge in [0.05, 0.1) is 5.71 Å². The molecule has 0 atom stereocenters. The summed E-state index contributed by atoms with van der Waals surface area (Å²) in [7, 11) is 0. The molecule has 26 heavy (non-hydrogen) atoms. The first-order chi connectivity index (χ1) is 12.6. The summed E-state index contributed by atoms with van der Waals surface area (Å²) in [5.74, 6) is -0.558. The van der Waals surface area contributed by atoms with E-state index >= 15 is 0 Å². The lowest BCUT2D eigenvalue weighted by Gasteiger charge is -2.05. The summed E-state index contributed by atoms with van der Waals surface area (Å²) in [6.07, 6.45) is 0. The van der Waals surface area contributed by atoms with Gasteiger partial charge in [-0.15, -0.1) is 5.10 Å². The Morgan fingerprint density at radius 3 is 1.92 bits per heavy atom. The number of halogens is 1. The van der Waals surface area contributed by atoms with E-state index in [1.54, 1.807) is 43.3 Å². The second kappa shape index (κ2) is 8.12. The second-order valence-corrected chi connectivity index (χ2v) is 5.71. The molecule has 128 valence electrons. The van der Waals surface area contributed by atoms with Crippen LogP contribution >= 0.6 is 0 Å². The maximum atomic E-state index is 13.4. The average molecular weight is 344 g/mol. The molecule has 0 aromatic heterocycles. The zero-order valence-corrected chi connectivity index (χ0v) is 14.3. The van der Waals surface area contributed by atoms with E-state index in [9.17, 15) is 9.18 Å². The molecule has 0 N–H and O–H groups in total. The number of rotatable bonds is 5. The van der Waals surface area contributed by atoms with Crippen molar-refractivity contribution in [3.05, 3.63) is 107 Å². The highest BCUT2D eigenvalue weighted by Gasteiger charge is 2.16. The lowest BCUT2D eigenvalue weighted by molar-refractivity contribution is 0.106. The lowest BCUT2D eigenvalue weighted by Crippen LogP contribution is -2.15. The van der Waals surface area contributed by atoms with E-state index < -0.39 is 0 Å². The molecule has 0 aliphatic carbocycles. The standard InChI is InChI=1S/C22H17FN2O/c1-16(19-13-8-14-20(23)15-19)24-25-21(17-9-4-2-5-10-17)22(26)18-11-6-3-7-12-18/h2-15H,1H3/b24-16+,25-21+. The second-order valence-electron chi connectivity index (χ2n) is 5.71. The molecule has 3 aromatic rings. The van der Waals surface area contributed by atoms with Gasteiger partial charge in [0.1, 0.15) is 11.5 Å². The van der Waals surface area contributed by atoms with Gasteiger partial charge in [0.15, 0.2) is 0 Å². The minimum Gasteiger partial charge on any atom is -0.287 e. The predicted molar refractivity (Wildman–Crippen MR) is 102 cm³/mol. The van der Waals surface area contributed by atoms with E-state index in [2.05, 4.69) is 10.2 Å². The molecule has 0 amide bonds. The lowest BCUT2D eigenvalue weighted by atomic mass is 10.0. The van der Waals surface area contributed by atoms with Gasteiger partial charge in [-0.3, -0.25) is 4.79 Å². The van der Waals surface area contributed by atoms with Crippen LogP contribution in [0.1, 0.15) is 28.4 Å². The van der Waals surface area contributed by atoms with Crippen LogP contribution in [0.5, 0.6) is 0 Å². The molecular formula is C22H17FN2O. The van der Waals surface area contributed by atoms with Gasteiger partial charge in [0.2, 0.25) is 5.78 Å². The fourth-order valence-electron chi connectivity index (χ4n) is 2.45. The molecule has 3 nitrogen and oxygen atoms in total. The minimum absolute atomic E-state index is 0.215. The fraction of sp³-hybridized carbons (Fsp3) is 0.0455. The highest BCUT2D eigenvalue weighted by molar-refractivity contribution is 6.51. The quantitative estimate of drug-likeness (QED) is 0.368. The summed E-state index contributed by atoms with van der Waals surface area (Å²) in [6, 6.07) is 24.2. The number of hydrogen-bond acceptors (Lipinski definition) is 3. The van der Waals surface area contributed by atoms with E-state index in [-0.39, 0.29) is 17.3 Å². The number of Topliss-reactive ketones (excluding diaryl/α,β-unsaturated/α-hetero) is 1. The monoisotopic (exact) mass is 344 g/mol. The van der Waals surface area contributed by atoms with Crippen LogP contribution in [0.15, 0.2) is 95.1 Å². The Hall–Kier alpha value is -3.40. The van der Waals surface area contributed by atoms with E-state index in [4.69, 9.17) is 0 Å². The summed E-state index contributed by atoms with van der Waals surface area (Å²) in [5.41, 5.74) is 2.60. The molecule has 0 aliphatic rings. The van der Waals surface area contributed by atoms with E-state index in [0.29, 0.717) is 22.4 Å². The molecule has 0 radical (unpaired) electrons. The van der Waals surface area contributed by atoms with Crippen LogP contribution in [-0.2, 0) is 0 Å². The van der Waals surface area contributed by atoms with Crippen LogP contribution < -0.4 is 0 Å². The van der Waals surface area contributed by atoms with Gasteiger partial charge in [-0.05, 0) is 19.1 Å². The topological polar surface area (TPSA) is 41.8 Å². The van der Waals surface area contributed by atoms with Gasteiger partial charge in [-0.1, -0.05) is 72.8 Å². The molecule has 4 heteroatoms. The Balaban J connectivity index is 2.02. The van der Waals surface area contributed by atoms with Gasteiger partial charge < -0.3 is 0 Å². The Morgan fingerprint density at radius 2 is 1.31 bits per heavy atom. The first-order valence-electron chi connectivity index (χ1n) is 8.18. The number of nitrogens with zero attached hydrogens (tertiary/aromatic N) is 2. The Morgan fingerprint density at radius 1 is 0.731 bits per heavy atom. The maximum Gasteiger partial charge on any atom is 0.213 e. The Labute approximate surface area is 151 Å². The van der Waals surface area contributed by atoms with Crippen LogP contribution in [0, 0.1) is 5.82 Å². The van der Waals surface area contributed by atoms with Crippen LogP contribution in [0.25, 0.3) is 0 Å². The van der Waals surface area contributed by atoms with Crippen molar-refractivity contribution in [3.8, 4) is 0 Å². The summed E-state index contributed by atoms with van der Waals surface area (Å²) >= 11 is 0. The van der Waals surface area contributed by atoms with Gasteiger partial charge in [0.25, 0.3) is 0 Å². The molecule has 3 aromatic carbocycles. The van der Waals surface area contributed by atoms with Gasteiger partial charge >= 0.3 is 0 Å². The first-order valence-corrected chi connectivity index (χ1v) is 8.18. The summed E-state index contributed by atoms with van der Waals surface area (Å²) < 4.78 is 13.4. The normalized spacial score (nSPS) is 12.1. The van der Waals surface area contributed by atoms with Crippen molar-refractivity contribution in [2.75, 3.05) is 0 Å². The van der Waals surface area contributed by atoms with Crippen LogP contribution in [0.4, 0.5) is 4.39 Å². The largest absolute Gasteiger partial charge is 0.287 e. The SMILES string of the molecule is C/C(=N\N=C(\C(=O)c1ccccc1)c1ccccc1)c1cccc(F)c1. The predicted octanol–water partition coefficient (Wildman–Crippen LogP) is 4.92. The third kappa shape index (κ3) is 4.16. The molecule has 3 rings (SSSR count). The van der Waals surface area contributed by atoms with Crippen molar-refractivity contribution in [2.45, 2.75) is 6.92 Å². The third-order valence-corrected chi connectivity index (χ3v) is 3.84. The number of benzene rings is 3. The summed E-state index contributed by atoms with van der Waals surface area (Å²) in [6.45, 7) is 1.73. The van der Waals surface area contributed by atoms with Crippen molar-refractivity contribution < 1.29 is 9.18 Å². The zero-order valence-electron chi connectivity index (χ0n) is 14.3. The molecule has 0 aliphatic heterocycles. The maximum absolute atomic E-state index is 13.4. The molecule has 0 spiro atoms. The van der Waals surface area contributed by atoms with Crippen molar-refractivity contribution in [1.82, 2.24) is 0 Å². The van der Waals surface area contributed by atoms with Crippen LogP contribution in [0.2, 0.25) is 0 Å². The first kappa shape index (κ1) is 17.4. The van der Waals surface area contributed by atoms with Crippen molar-refractivity contribution in [3.63, 3.8) is 0 Å².